The minimum Gasteiger partial charge on any atom is -0.397 e. The van der Waals surface area contributed by atoms with Crippen molar-refractivity contribution in [1.82, 2.24) is 9.36 Å². The molecule has 94 valence electrons. The number of nitrogens with two attached hydrogens (primary N) is 1. The topological polar surface area (TPSA) is 80.9 Å². The van der Waals surface area contributed by atoms with E-state index in [0.717, 1.165) is 9.90 Å². The molecule has 0 saturated carbocycles. The van der Waals surface area contributed by atoms with Crippen LogP contribution in [0.25, 0.3) is 0 Å². The fraction of sp³-hybridized carbons (Fsp3) is 0.182. The minimum atomic E-state index is -0.106. The molecule has 5 nitrogen and oxygen atoms in total. The van der Waals surface area contributed by atoms with Crippen molar-refractivity contribution in [2.45, 2.75) is 11.3 Å². The third kappa shape index (κ3) is 3.44. The SMILES string of the molecule is Cc1ccc(NC(=O)CSc2ncns2)c(N)c1. The van der Waals surface area contributed by atoms with Crippen molar-refractivity contribution in [2.75, 3.05) is 16.8 Å². The lowest BCUT2D eigenvalue weighted by Crippen LogP contribution is -2.15. The van der Waals surface area contributed by atoms with Crippen molar-refractivity contribution in [3.05, 3.63) is 30.1 Å². The van der Waals surface area contributed by atoms with Crippen LogP contribution < -0.4 is 11.1 Å². The monoisotopic (exact) mass is 280 g/mol. The Kier molecular flexibility index (Phi) is 4.16. The summed E-state index contributed by atoms with van der Waals surface area (Å²) in [6.07, 6.45) is 1.48. The summed E-state index contributed by atoms with van der Waals surface area (Å²) in [5, 5.41) is 2.77. The summed E-state index contributed by atoms with van der Waals surface area (Å²) in [5.41, 5.74) is 8.10. The summed E-state index contributed by atoms with van der Waals surface area (Å²) in [7, 11) is 0. The van der Waals surface area contributed by atoms with E-state index in [2.05, 4.69) is 14.7 Å². The number of anilines is 2. The van der Waals surface area contributed by atoms with Crippen molar-refractivity contribution in [3.63, 3.8) is 0 Å². The number of nitrogen functional groups attached to an aromatic ring is 1. The molecule has 0 spiro atoms. The molecule has 18 heavy (non-hydrogen) atoms. The van der Waals surface area contributed by atoms with Gasteiger partial charge in [-0.3, -0.25) is 4.79 Å². The largest absolute Gasteiger partial charge is 0.397 e. The van der Waals surface area contributed by atoms with Gasteiger partial charge in [-0.25, -0.2) is 4.98 Å². The summed E-state index contributed by atoms with van der Waals surface area (Å²) >= 11 is 2.63. The number of thioether (sulfide) groups is 1. The highest BCUT2D eigenvalue weighted by atomic mass is 32.2. The van der Waals surface area contributed by atoms with Gasteiger partial charge in [0.15, 0.2) is 4.34 Å². The Hall–Kier alpha value is -1.60. The Morgan fingerprint density at radius 2 is 2.39 bits per heavy atom. The van der Waals surface area contributed by atoms with Crippen LogP contribution >= 0.6 is 23.3 Å². The zero-order valence-electron chi connectivity index (χ0n) is 9.71. The number of benzene rings is 1. The van der Waals surface area contributed by atoms with Crippen LogP contribution in [0.15, 0.2) is 28.9 Å². The Bertz CT molecular complexity index is 542. The van der Waals surface area contributed by atoms with E-state index in [-0.39, 0.29) is 5.91 Å². The molecule has 2 aromatic rings. The molecule has 1 aromatic carbocycles. The third-order valence-corrected chi connectivity index (χ3v) is 3.95. The molecule has 3 N–H and O–H groups in total. The van der Waals surface area contributed by atoms with Crippen molar-refractivity contribution in [1.29, 1.82) is 0 Å². The first-order valence-electron chi connectivity index (χ1n) is 5.20. The molecule has 1 aromatic heterocycles. The molecule has 2 rings (SSSR count). The Balaban J connectivity index is 1.91. The number of rotatable bonds is 4. The molecule has 0 aliphatic carbocycles. The molecule has 0 radical (unpaired) electrons. The first-order chi connectivity index (χ1) is 8.65. The highest BCUT2D eigenvalue weighted by molar-refractivity contribution is 8.01. The minimum absolute atomic E-state index is 0.106. The molecule has 7 heteroatoms. The molecule has 0 saturated heterocycles. The first kappa shape index (κ1) is 12.8. The number of nitrogens with one attached hydrogen (secondary N) is 1. The molecule has 0 fully saturated rings. The lowest BCUT2D eigenvalue weighted by Gasteiger charge is -2.08. The van der Waals surface area contributed by atoms with Crippen LogP contribution in [-0.4, -0.2) is 21.0 Å². The van der Waals surface area contributed by atoms with Gasteiger partial charge in [-0.2, -0.15) is 4.37 Å². The number of carbonyl (C=O) groups is 1. The van der Waals surface area contributed by atoms with E-state index in [1.165, 1.54) is 29.6 Å². The predicted octanol–water partition coefficient (Wildman–Crippen LogP) is 2.16. The molecular weight excluding hydrogens is 268 g/mol. The van der Waals surface area contributed by atoms with Gasteiger partial charge in [0.25, 0.3) is 0 Å². The average molecular weight is 280 g/mol. The number of hydrogen-bond acceptors (Lipinski definition) is 6. The molecule has 0 aliphatic heterocycles. The van der Waals surface area contributed by atoms with E-state index < -0.39 is 0 Å². The third-order valence-electron chi connectivity index (χ3n) is 2.15. The fourth-order valence-electron chi connectivity index (χ4n) is 1.34. The molecule has 0 bridgehead atoms. The van der Waals surface area contributed by atoms with E-state index in [1.54, 1.807) is 6.07 Å². The zero-order valence-corrected chi connectivity index (χ0v) is 11.3. The van der Waals surface area contributed by atoms with Gasteiger partial charge in [-0.05, 0) is 36.2 Å². The second-order valence-electron chi connectivity index (χ2n) is 3.63. The number of amides is 1. The van der Waals surface area contributed by atoms with Crippen LogP contribution in [-0.2, 0) is 4.79 Å². The molecule has 1 heterocycles. The standard InChI is InChI=1S/C11H12N4OS2/c1-7-2-3-9(8(12)4-7)15-10(16)5-17-11-13-6-14-18-11/h2-4,6H,5,12H2,1H3,(H,15,16). The number of hydrogen-bond donors (Lipinski definition) is 2. The Labute approximate surface area is 113 Å². The number of aryl methyl sites for hydroxylation is 1. The summed E-state index contributed by atoms with van der Waals surface area (Å²) in [6, 6.07) is 5.54. The van der Waals surface area contributed by atoms with Gasteiger partial charge in [0.1, 0.15) is 6.33 Å². The average Bonchev–Trinajstić information content (AvgIpc) is 2.83. The number of carbonyl (C=O) groups excluding carboxylic acids is 1. The van der Waals surface area contributed by atoms with Crippen LogP contribution in [0, 0.1) is 6.92 Å². The van der Waals surface area contributed by atoms with Gasteiger partial charge in [-0.15, -0.1) is 0 Å². The predicted molar refractivity (Wildman–Crippen MR) is 74.9 cm³/mol. The van der Waals surface area contributed by atoms with Gasteiger partial charge in [0.05, 0.1) is 17.1 Å². The molecular formula is C11H12N4OS2. The van der Waals surface area contributed by atoms with Crippen molar-refractivity contribution in [2.24, 2.45) is 0 Å². The Morgan fingerprint density at radius 3 is 3.06 bits per heavy atom. The van der Waals surface area contributed by atoms with E-state index in [9.17, 15) is 4.79 Å². The lowest BCUT2D eigenvalue weighted by atomic mass is 10.2. The first-order valence-corrected chi connectivity index (χ1v) is 6.96. The summed E-state index contributed by atoms with van der Waals surface area (Å²) in [6.45, 7) is 1.95. The van der Waals surface area contributed by atoms with E-state index in [4.69, 9.17) is 5.73 Å². The van der Waals surface area contributed by atoms with E-state index >= 15 is 0 Å². The van der Waals surface area contributed by atoms with Crippen molar-refractivity contribution >= 4 is 40.6 Å². The number of aromatic nitrogens is 2. The zero-order chi connectivity index (χ0) is 13.0. The fourth-order valence-corrected chi connectivity index (χ4v) is 2.58. The van der Waals surface area contributed by atoms with Crippen molar-refractivity contribution < 1.29 is 4.79 Å². The van der Waals surface area contributed by atoms with Crippen LogP contribution in [0.4, 0.5) is 11.4 Å². The summed E-state index contributed by atoms with van der Waals surface area (Å²) < 4.78 is 4.65. The van der Waals surface area contributed by atoms with Crippen LogP contribution in [0.3, 0.4) is 0 Å². The van der Waals surface area contributed by atoms with Gasteiger partial charge in [-0.1, -0.05) is 17.8 Å². The van der Waals surface area contributed by atoms with Crippen LogP contribution in [0.2, 0.25) is 0 Å². The highest BCUT2D eigenvalue weighted by Crippen LogP contribution is 2.21. The van der Waals surface area contributed by atoms with Crippen LogP contribution in [0.5, 0.6) is 0 Å². The molecule has 0 atom stereocenters. The smallest absolute Gasteiger partial charge is 0.234 e. The van der Waals surface area contributed by atoms with Crippen LogP contribution in [0.1, 0.15) is 5.56 Å². The maximum Gasteiger partial charge on any atom is 0.234 e. The van der Waals surface area contributed by atoms with Gasteiger partial charge >= 0.3 is 0 Å². The summed E-state index contributed by atoms with van der Waals surface area (Å²) in [4.78, 5) is 15.7. The van der Waals surface area contributed by atoms with Gasteiger partial charge in [0.2, 0.25) is 5.91 Å². The summed E-state index contributed by atoms with van der Waals surface area (Å²) in [5.74, 6) is 0.188. The number of nitrogens with zero attached hydrogens (tertiary/aromatic N) is 2. The maximum absolute atomic E-state index is 11.7. The quantitative estimate of drug-likeness (QED) is 0.662. The molecule has 0 unspecified atom stereocenters. The van der Waals surface area contributed by atoms with Gasteiger partial charge in [0, 0.05) is 0 Å². The second kappa shape index (κ2) is 5.83. The lowest BCUT2D eigenvalue weighted by molar-refractivity contribution is -0.113. The Morgan fingerprint density at radius 1 is 1.56 bits per heavy atom. The molecule has 0 aliphatic rings. The maximum atomic E-state index is 11.7. The van der Waals surface area contributed by atoms with Gasteiger partial charge < -0.3 is 11.1 Å². The molecule has 1 amide bonds. The van der Waals surface area contributed by atoms with E-state index in [0.29, 0.717) is 17.1 Å². The normalized spacial score (nSPS) is 10.3. The van der Waals surface area contributed by atoms with Crippen molar-refractivity contribution in [3.8, 4) is 0 Å². The van der Waals surface area contributed by atoms with E-state index in [1.807, 2.05) is 19.1 Å². The second-order valence-corrected chi connectivity index (χ2v) is 5.64. The highest BCUT2D eigenvalue weighted by Gasteiger charge is 2.07.